The smallest absolute Gasteiger partial charge is 0.308 e. The van der Waals surface area contributed by atoms with E-state index in [1.165, 1.54) is 25.6 Å². The fourth-order valence-corrected chi connectivity index (χ4v) is 6.12. The molecule has 0 aliphatic rings. The zero-order chi connectivity index (χ0) is 26.2. The van der Waals surface area contributed by atoms with Gasteiger partial charge in [-0.1, -0.05) is 88.8 Å². The van der Waals surface area contributed by atoms with Crippen molar-refractivity contribution in [3.63, 3.8) is 0 Å². The number of hydrogen-bond donors (Lipinski definition) is 0. The first kappa shape index (κ1) is 28.1. The van der Waals surface area contributed by atoms with E-state index in [0.29, 0.717) is 22.6 Å². The third-order valence-electron chi connectivity index (χ3n) is 6.45. The third kappa shape index (κ3) is 5.75. The molecule has 35 heavy (non-hydrogen) atoms. The van der Waals surface area contributed by atoms with Crippen molar-refractivity contribution in [1.29, 1.82) is 0 Å². The molecule has 0 saturated carbocycles. The van der Waals surface area contributed by atoms with Crippen LogP contribution in [0.4, 0.5) is 0 Å². The van der Waals surface area contributed by atoms with Crippen molar-refractivity contribution in [2.24, 2.45) is 11.8 Å². The van der Waals surface area contributed by atoms with Crippen molar-refractivity contribution in [3.8, 4) is 36.2 Å². The molecule has 0 saturated heterocycles. The average Bonchev–Trinajstić information content (AvgIpc) is 2.85. The van der Waals surface area contributed by atoms with Crippen molar-refractivity contribution >= 4 is 23.7 Å². The molecule has 0 aromatic heterocycles. The second-order valence-corrected chi connectivity index (χ2v) is 10.2. The molecule has 0 radical (unpaired) electrons. The first-order valence-corrected chi connectivity index (χ1v) is 12.6. The zero-order valence-electron chi connectivity index (χ0n) is 21.4. The van der Waals surface area contributed by atoms with Crippen LogP contribution in [0.1, 0.15) is 65.5 Å². The van der Waals surface area contributed by atoms with Gasteiger partial charge in [-0.15, -0.1) is 24.6 Å². The highest BCUT2D eigenvalue weighted by Gasteiger charge is 2.50. The van der Waals surface area contributed by atoms with Gasteiger partial charge in [-0.05, 0) is 24.0 Å². The summed E-state index contributed by atoms with van der Waals surface area (Å²) in [5.41, 5.74) is 1.43. The van der Waals surface area contributed by atoms with Crippen LogP contribution < -0.4 is 9.47 Å². The number of ether oxygens (including phenoxy) is 2. The molecule has 5 heteroatoms. The summed E-state index contributed by atoms with van der Waals surface area (Å²) in [6, 6.07) is 14.7. The highest BCUT2D eigenvalue weighted by atomic mass is 32.2. The van der Waals surface area contributed by atoms with Gasteiger partial charge in [0.2, 0.25) is 0 Å². The Bertz CT molecular complexity index is 1050. The zero-order valence-corrected chi connectivity index (χ0v) is 22.2. The number of carbonyl (C=O) groups excluding carboxylic acids is 2. The normalized spacial score (nSPS) is 15.9. The van der Waals surface area contributed by atoms with Gasteiger partial charge in [-0.3, -0.25) is 9.59 Å². The third-order valence-corrected chi connectivity index (χ3v) is 8.57. The number of rotatable bonds is 10. The topological polar surface area (TPSA) is 52.6 Å². The number of carbonyl (C=O) groups is 2. The van der Waals surface area contributed by atoms with Gasteiger partial charge in [0.25, 0.3) is 0 Å². The monoisotopic (exact) mass is 490 g/mol. The molecule has 0 fully saturated rings. The Balaban J connectivity index is 2.91. The summed E-state index contributed by atoms with van der Waals surface area (Å²) in [7, 11) is 0. The minimum Gasteiger partial charge on any atom is -0.426 e. The quantitative estimate of drug-likeness (QED) is 0.210. The molecule has 4 nitrogen and oxygen atoms in total. The lowest BCUT2D eigenvalue weighted by molar-refractivity contribution is -0.132. The minimum absolute atomic E-state index is 0.0353. The van der Waals surface area contributed by atoms with Crippen molar-refractivity contribution in [3.05, 3.63) is 59.7 Å². The van der Waals surface area contributed by atoms with E-state index < -0.39 is 21.4 Å². The first-order valence-electron chi connectivity index (χ1n) is 11.8. The largest absolute Gasteiger partial charge is 0.426 e. The predicted molar refractivity (Wildman–Crippen MR) is 143 cm³/mol. The fraction of sp³-hybridized carbons (Fsp3) is 0.400. The molecule has 0 aliphatic heterocycles. The Hall–Kier alpha value is -3.15. The first-order chi connectivity index (χ1) is 16.6. The van der Waals surface area contributed by atoms with Gasteiger partial charge in [0, 0.05) is 25.0 Å². The minimum atomic E-state index is -0.945. The SMILES string of the molecule is C#CC(SC(C#C)(c1ccccc1OC(C)=O)C(C)CC)(c1ccccc1OC(C)=O)C(C)CC. The summed E-state index contributed by atoms with van der Waals surface area (Å²) >= 11 is 1.48. The lowest BCUT2D eigenvalue weighted by Crippen LogP contribution is -2.39. The van der Waals surface area contributed by atoms with Gasteiger partial charge < -0.3 is 9.47 Å². The Labute approximate surface area is 214 Å². The Morgan fingerprint density at radius 1 is 0.800 bits per heavy atom. The molecule has 0 amide bonds. The number of hydrogen-bond acceptors (Lipinski definition) is 5. The molecule has 0 heterocycles. The van der Waals surface area contributed by atoms with Crippen molar-refractivity contribution < 1.29 is 19.1 Å². The maximum absolute atomic E-state index is 11.9. The van der Waals surface area contributed by atoms with Crippen LogP contribution in [0.2, 0.25) is 0 Å². The Kier molecular flexibility index (Phi) is 9.64. The number of benzene rings is 2. The lowest BCUT2D eigenvalue weighted by atomic mass is 9.83. The summed E-state index contributed by atoms with van der Waals surface area (Å²) in [6.07, 6.45) is 14.2. The molecular weight excluding hydrogens is 456 g/mol. The van der Waals surface area contributed by atoms with E-state index in [4.69, 9.17) is 22.3 Å². The number of para-hydroxylation sites is 2. The van der Waals surface area contributed by atoms with E-state index in [2.05, 4.69) is 39.5 Å². The standard InChI is InChI=1S/C30H34O4S/c1-9-21(5)29(11-3,25-17-13-15-19-27(25)33-23(7)31)35-30(12-4,22(6)10-2)26-18-14-16-20-28(26)34-24(8)32/h3-4,13-22H,9-10H2,1-2,5-8H3. The molecule has 4 atom stereocenters. The average molecular weight is 491 g/mol. The van der Waals surface area contributed by atoms with Gasteiger partial charge in [0.15, 0.2) is 0 Å². The maximum Gasteiger partial charge on any atom is 0.308 e. The van der Waals surface area contributed by atoms with Crippen LogP contribution in [-0.2, 0) is 19.1 Å². The maximum atomic E-state index is 11.9. The molecule has 2 aromatic rings. The highest BCUT2D eigenvalue weighted by Crippen LogP contribution is 2.59. The second kappa shape index (κ2) is 12.0. The van der Waals surface area contributed by atoms with Crippen LogP contribution in [0, 0.1) is 36.5 Å². The molecule has 2 rings (SSSR count). The van der Waals surface area contributed by atoms with E-state index in [1.807, 2.05) is 36.4 Å². The number of terminal acetylenes is 2. The van der Waals surface area contributed by atoms with Crippen molar-refractivity contribution in [1.82, 2.24) is 0 Å². The summed E-state index contributed by atoms with van der Waals surface area (Å²) in [5, 5.41) is 0. The molecule has 2 aromatic carbocycles. The predicted octanol–water partition coefficient (Wildman–Crippen LogP) is 6.72. The molecule has 0 spiro atoms. The van der Waals surface area contributed by atoms with E-state index >= 15 is 0 Å². The number of thioether (sulfide) groups is 1. The van der Waals surface area contributed by atoms with Gasteiger partial charge >= 0.3 is 11.9 Å². The Morgan fingerprint density at radius 3 is 1.43 bits per heavy atom. The van der Waals surface area contributed by atoms with Gasteiger partial charge in [0.1, 0.15) is 21.0 Å². The van der Waals surface area contributed by atoms with Gasteiger partial charge in [-0.2, -0.15) is 0 Å². The van der Waals surface area contributed by atoms with Crippen molar-refractivity contribution in [2.45, 2.75) is 63.9 Å². The summed E-state index contributed by atoms with van der Waals surface area (Å²) < 4.78 is 9.30. The lowest BCUT2D eigenvalue weighted by Gasteiger charge is -2.44. The van der Waals surface area contributed by atoms with Crippen LogP contribution in [0.5, 0.6) is 11.5 Å². The summed E-state index contributed by atoms with van der Waals surface area (Å²) in [6.45, 7) is 11.0. The summed E-state index contributed by atoms with van der Waals surface area (Å²) in [4.78, 5) is 23.8. The van der Waals surface area contributed by atoms with Gasteiger partial charge in [-0.25, -0.2) is 0 Å². The summed E-state index contributed by atoms with van der Waals surface area (Å²) in [5.74, 6) is 6.02. The van der Waals surface area contributed by atoms with Crippen LogP contribution in [0.15, 0.2) is 48.5 Å². The van der Waals surface area contributed by atoms with Crippen LogP contribution >= 0.6 is 11.8 Å². The molecule has 0 aliphatic carbocycles. The molecule has 4 unspecified atom stereocenters. The molecular formula is C30H34O4S. The van der Waals surface area contributed by atoms with Crippen molar-refractivity contribution in [2.75, 3.05) is 0 Å². The molecule has 184 valence electrons. The van der Waals surface area contributed by atoms with E-state index in [9.17, 15) is 9.59 Å². The van der Waals surface area contributed by atoms with Crippen LogP contribution in [0.3, 0.4) is 0 Å². The van der Waals surface area contributed by atoms with E-state index in [-0.39, 0.29) is 11.8 Å². The second-order valence-electron chi connectivity index (χ2n) is 8.66. The fourth-order valence-electron chi connectivity index (χ4n) is 4.20. The molecule has 0 bridgehead atoms. The highest BCUT2D eigenvalue weighted by molar-refractivity contribution is 8.01. The van der Waals surface area contributed by atoms with E-state index in [0.717, 1.165) is 12.8 Å². The van der Waals surface area contributed by atoms with Crippen LogP contribution in [0.25, 0.3) is 0 Å². The Morgan fingerprint density at radius 2 is 1.14 bits per heavy atom. The van der Waals surface area contributed by atoms with Crippen LogP contribution in [-0.4, -0.2) is 11.9 Å². The van der Waals surface area contributed by atoms with E-state index in [1.54, 1.807) is 12.1 Å². The van der Waals surface area contributed by atoms with Gasteiger partial charge in [0.05, 0.1) is 0 Å². The molecule has 0 N–H and O–H groups in total. The number of esters is 2.